The molecule has 1 aromatic carbocycles. The molecule has 0 atom stereocenters. The van der Waals surface area contributed by atoms with Crippen molar-refractivity contribution in [3.63, 3.8) is 0 Å². The standard InChI is InChI=1S/C11H14O3.Na.H/c12-8-4-5-9-14-11(13)10-6-2-1-3-7-10;;/h1-3,6-7,12H,4-5,8-9H2;;. The van der Waals surface area contributed by atoms with Crippen molar-refractivity contribution in [3.8, 4) is 0 Å². The molecule has 0 unspecified atom stereocenters. The summed E-state index contributed by atoms with van der Waals surface area (Å²) in [6.07, 6.45) is 1.37. The molecule has 0 aliphatic rings. The Morgan fingerprint density at radius 1 is 1.20 bits per heavy atom. The van der Waals surface area contributed by atoms with E-state index in [0.717, 1.165) is 0 Å². The Balaban J connectivity index is 0.00000196. The number of carbonyl (C=O) groups is 1. The van der Waals surface area contributed by atoms with Crippen LogP contribution in [0.2, 0.25) is 0 Å². The second-order valence-electron chi connectivity index (χ2n) is 2.93. The van der Waals surface area contributed by atoms with E-state index in [1.807, 2.05) is 6.07 Å². The van der Waals surface area contributed by atoms with Crippen LogP contribution in [0.4, 0.5) is 0 Å². The molecule has 1 aromatic rings. The molecular formula is C11H15NaO3. The fourth-order valence-corrected chi connectivity index (χ4v) is 1.04. The van der Waals surface area contributed by atoms with E-state index in [9.17, 15) is 4.79 Å². The molecule has 78 valence electrons. The summed E-state index contributed by atoms with van der Waals surface area (Å²) in [4.78, 5) is 11.3. The predicted molar refractivity (Wildman–Crippen MR) is 60.2 cm³/mol. The Kier molecular flexibility index (Phi) is 8.71. The van der Waals surface area contributed by atoms with E-state index in [1.54, 1.807) is 24.3 Å². The molecule has 0 radical (unpaired) electrons. The van der Waals surface area contributed by atoms with Crippen LogP contribution in [0.1, 0.15) is 23.2 Å². The van der Waals surface area contributed by atoms with Crippen LogP contribution >= 0.6 is 0 Å². The van der Waals surface area contributed by atoms with Gasteiger partial charge in [0.05, 0.1) is 12.2 Å². The third-order valence-corrected chi connectivity index (χ3v) is 1.80. The molecule has 0 bridgehead atoms. The van der Waals surface area contributed by atoms with Crippen LogP contribution in [0.3, 0.4) is 0 Å². The van der Waals surface area contributed by atoms with Gasteiger partial charge < -0.3 is 9.84 Å². The molecule has 0 aliphatic heterocycles. The molecular weight excluding hydrogens is 203 g/mol. The Morgan fingerprint density at radius 2 is 1.87 bits per heavy atom. The SMILES string of the molecule is O=C(OCCCCO)c1ccccc1.[NaH]. The first-order valence-electron chi connectivity index (χ1n) is 4.67. The van der Waals surface area contributed by atoms with Crippen molar-refractivity contribution in [2.75, 3.05) is 13.2 Å². The third kappa shape index (κ3) is 5.95. The van der Waals surface area contributed by atoms with Crippen molar-refractivity contribution in [1.82, 2.24) is 0 Å². The molecule has 15 heavy (non-hydrogen) atoms. The van der Waals surface area contributed by atoms with Crippen LogP contribution in [0, 0.1) is 0 Å². The molecule has 1 N–H and O–H groups in total. The van der Waals surface area contributed by atoms with E-state index in [1.165, 1.54) is 0 Å². The summed E-state index contributed by atoms with van der Waals surface area (Å²) in [5.74, 6) is -0.302. The van der Waals surface area contributed by atoms with Crippen LogP contribution in [0.5, 0.6) is 0 Å². The van der Waals surface area contributed by atoms with E-state index in [2.05, 4.69) is 0 Å². The number of carbonyl (C=O) groups excluding carboxylic acids is 1. The van der Waals surface area contributed by atoms with Gasteiger partial charge in [-0.3, -0.25) is 0 Å². The van der Waals surface area contributed by atoms with Crippen molar-refractivity contribution >= 4 is 35.5 Å². The molecule has 1 rings (SSSR count). The van der Waals surface area contributed by atoms with Gasteiger partial charge in [-0.05, 0) is 25.0 Å². The van der Waals surface area contributed by atoms with Crippen LogP contribution in [0.25, 0.3) is 0 Å². The van der Waals surface area contributed by atoms with Gasteiger partial charge in [0.1, 0.15) is 0 Å². The summed E-state index contributed by atoms with van der Waals surface area (Å²) in [6.45, 7) is 0.511. The van der Waals surface area contributed by atoms with E-state index in [-0.39, 0.29) is 42.1 Å². The number of esters is 1. The Hall–Kier alpha value is -0.350. The number of ether oxygens (including phenoxy) is 1. The molecule has 0 saturated heterocycles. The summed E-state index contributed by atoms with van der Waals surface area (Å²) in [5.41, 5.74) is 0.566. The first-order chi connectivity index (χ1) is 6.84. The fourth-order valence-electron chi connectivity index (χ4n) is 1.04. The molecule has 0 spiro atoms. The molecule has 0 aromatic heterocycles. The van der Waals surface area contributed by atoms with Gasteiger partial charge in [-0.2, -0.15) is 0 Å². The number of benzene rings is 1. The second kappa shape index (κ2) is 8.92. The monoisotopic (exact) mass is 218 g/mol. The van der Waals surface area contributed by atoms with Gasteiger partial charge in [-0.25, -0.2) is 4.79 Å². The maximum absolute atomic E-state index is 11.3. The van der Waals surface area contributed by atoms with Crippen LogP contribution in [0.15, 0.2) is 30.3 Å². The first-order valence-corrected chi connectivity index (χ1v) is 4.67. The van der Waals surface area contributed by atoms with Crippen LogP contribution in [-0.4, -0.2) is 53.8 Å². The molecule has 0 amide bonds. The van der Waals surface area contributed by atoms with E-state index < -0.39 is 0 Å². The third-order valence-electron chi connectivity index (χ3n) is 1.80. The summed E-state index contributed by atoms with van der Waals surface area (Å²) in [5, 5.41) is 8.51. The zero-order valence-corrected chi connectivity index (χ0v) is 7.98. The van der Waals surface area contributed by atoms with Crippen molar-refractivity contribution in [2.24, 2.45) is 0 Å². The summed E-state index contributed by atoms with van der Waals surface area (Å²) in [7, 11) is 0. The molecule has 0 aliphatic carbocycles. The Labute approximate surface area is 112 Å². The molecule has 0 heterocycles. The van der Waals surface area contributed by atoms with Gasteiger partial charge in [-0.1, -0.05) is 18.2 Å². The van der Waals surface area contributed by atoms with Gasteiger partial charge in [0.2, 0.25) is 0 Å². The first kappa shape index (κ1) is 14.6. The summed E-state index contributed by atoms with van der Waals surface area (Å²) in [6, 6.07) is 8.87. The predicted octanol–water partition coefficient (Wildman–Crippen LogP) is 0.967. The number of hydrogen-bond donors (Lipinski definition) is 1. The summed E-state index contributed by atoms with van der Waals surface area (Å²) >= 11 is 0. The molecule has 0 saturated carbocycles. The van der Waals surface area contributed by atoms with Gasteiger partial charge in [0.25, 0.3) is 0 Å². The van der Waals surface area contributed by atoms with Crippen molar-refractivity contribution in [1.29, 1.82) is 0 Å². The van der Waals surface area contributed by atoms with Gasteiger partial charge in [0, 0.05) is 6.61 Å². The van der Waals surface area contributed by atoms with Crippen molar-refractivity contribution in [3.05, 3.63) is 35.9 Å². The number of unbranched alkanes of at least 4 members (excludes halogenated alkanes) is 1. The van der Waals surface area contributed by atoms with E-state index in [0.29, 0.717) is 25.0 Å². The zero-order valence-electron chi connectivity index (χ0n) is 7.98. The fraction of sp³-hybridized carbons (Fsp3) is 0.364. The van der Waals surface area contributed by atoms with Crippen molar-refractivity contribution in [2.45, 2.75) is 12.8 Å². The molecule has 4 heteroatoms. The number of rotatable bonds is 5. The van der Waals surface area contributed by atoms with E-state index >= 15 is 0 Å². The summed E-state index contributed by atoms with van der Waals surface area (Å²) < 4.78 is 4.98. The minimum atomic E-state index is -0.302. The maximum atomic E-state index is 11.3. The van der Waals surface area contributed by atoms with E-state index in [4.69, 9.17) is 9.84 Å². The van der Waals surface area contributed by atoms with Gasteiger partial charge >= 0.3 is 35.5 Å². The minimum absolute atomic E-state index is 0. The molecule has 3 nitrogen and oxygen atoms in total. The quantitative estimate of drug-likeness (QED) is 0.455. The normalized spacial score (nSPS) is 9.13. The second-order valence-corrected chi connectivity index (χ2v) is 2.93. The van der Waals surface area contributed by atoms with Crippen LogP contribution < -0.4 is 0 Å². The Morgan fingerprint density at radius 3 is 2.47 bits per heavy atom. The number of hydrogen-bond acceptors (Lipinski definition) is 3. The average molecular weight is 218 g/mol. The topological polar surface area (TPSA) is 46.5 Å². The van der Waals surface area contributed by atoms with Gasteiger partial charge in [-0.15, -0.1) is 0 Å². The Bertz CT molecular complexity index is 274. The van der Waals surface area contributed by atoms with Gasteiger partial charge in [0.15, 0.2) is 0 Å². The zero-order chi connectivity index (χ0) is 10.2. The number of aliphatic hydroxyl groups excluding tert-OH is 1. The van der Waals surface area contributed by atoms with Crippen LogP contribution in [-0.2, 0) is 4.74 Å². The van der Waals surface area contributed by atoms with Crippen molar-refractivity contribution < 1.29 is 14.6 Å². The molecule has 0 fully saturated rings. The number of aliphatic hydroxyl groups is 1. The average Bonchev–Trinajstić information content (AvgIpc) is 2.25.